The minimum Gasteiger partial charge on any atom is -0.493 e. The molecule has 2 aromatic rings. The van der Waals surface area contributed by atoms with Gasteiger partial charge in [0.05, 0.1) is 45.9 Å². The van der Waals surface area contributed by atoms with Gasteiger partial charge >= 0.3 is 5.63 Å². The minimum atomic E-state index is -0.451. The monoisotopic (exact) mass is 349 g/mol. The van der Waals surface area contributed by atoms with Crippen LogP contribution in [0.2, 0.25) is 0 Å². The number of thiocarbonyl (C=S) groups is 1. The summed E-state index contributed by atoms with van der Waals surface area (Å²) in [5, 5.41) is 3.97. The first-order valence-electron chi connectivity index (χ1n) is 8.16. The van der Waals surface area contributed by atoms with E-state index in [1.54, 1.807) is 19.2 Å². The van der Waals surface area contributed by atoms with Crippen LogP contribution >= 0.6 is 12.2 Å². The lowest BCUT2D eigenvalue weighted by Crippen LogP contribution is -2.48. The lowest BCUT2D eigenvalue weighted by atomic mass is 10.1. The summed E-state index contributed by atoms with van der Waals surface area (Å²) in [5.74, 6) is 0.536. The van der Waals surface area contributed by atoms with Gasteiger partial charge in [0.25, 0.3) is 0 Å². The molecule has 5 nitrogen and oxygen atoms in total. The third-order valence-electron chi connectivity index (χ3n) is 4.65. The molecule has 1 aromatic carbocycles. The zero-order chi connectivity index (χ0) is 17.7. The number of methoxy groups -OCH3 is 1. The van der Waals surface area contributed by atoms with E-state index in [0.29, 0.717) is 28.4 Å². The second kappa shape index (κ2) is 7.77. The lowest BCUT2D eigenvalue weighted by Gasteiger charge is -2.32. The van der Waals surface area contributed by atoms with E-state index < -0.39 is 5.63 Å². The number of quaternary nitrogens is 1. The second-order valence-electron chi connectivity index (χ2n) is 6.06. The Balaban J connectivity index is 2.18. The Hall–Kier alpha value is -1.92. The third kappa shape index (κ3) is 3.94. The Labute approximate surface area is 147 Å². The molecule has 0 fully saturated rings. The van der Waals surface area contributed by atoms with E-state index in [1.165, 1.54) is 0 Å². The number of nitrogens with one attached hydrogen (secondary N) is 1. The maximum atomic E-state index is 12.3. The molecular weight excluding hydrogens is 324 g/mol. The number of likely N-dealkylation sites (N-methyl/N-ethyl adjacent to an activating group) is 1. The molecule has 1 heterocycles. The van der Waals surface area contributed by atoms with Gasteiger partial charge in [-0.2, -0.15) is 0 Å². The smallest absolute Gasteiger partial charge is 0.346 e. The number of hydrogen-bond donors (Lipinski definition) is 1. The van der Waals surface area contributed by atoms with Crippen LogP contribution in [0.4, 0.5) is 0 Å². The van der Waals surface area contributed by atoms with Crippen molar-refractivity contribution in [3.05, 3.63) is 40.2 Å². The molecule has 0 aliphatic carbocycles. The number of ether oxygens (including phenoxy) is 1. The quantitative estimate of drug-likeness (QED) is 0.473. The molecule has 0 radical (unpaired) electrons. The highest BCUT2D eigenvalue weighted by molar-refractivity contribution is 7.80. The number of fused-ring (bicyclic) bond motifs is 1. The molecule has 0 atom stereocenters. The standard InChI is InChI=1S/C18H24N2O3S/c1-5-20(3,6-2)11-10-19-17(24)14-12-13-8-7-9-15(22-4)16(13)23-18(14)21/h7-9,12H,5-6,10-11H2,1-4H3/p+1. The van der Waals surface area contributed by atoms with E-state index in [0.717, 1.165) is 29.5 Å². The highest BCUT2D eigenvalue weighted by Crippen LogP contribution is 2.24. The zero-order valence-corrected chi connectivity index (χ0v) is 15.5. The fraction of sp³-hybridized carbons (Fsp3) is 0.444. The Bertz CT molecular complexity index is 781. The summed E-state index contributed by atoms with van der Waals surface area (Å²) in [7, 11) is 3.76. The maximum absolute atomic E-state index is 12.3. The van der Waals surface area contributed by atoms with Gasteiger partial charge in [-0.25, -0.2) is 4.79 Å². The van der Waals surface area contributed by atoms with Gasteiger partial charge in [0, 0.05) is 5.39 Å². The summed E-state index contributed by atoms with van der Waals surface area (Å²) in [4.78, 5) is 12.7. The predicted molar refractivity (Wildman–Crippen MR) is 101 cm³/mol. The van der Waals surface area contributed by atoms with Crippen LogP contribution in [-0.4, -0.2) is 49.8 Å². The molecule has 130 valence electrons. The first-order valence-corrected chi connectivity index (χ1v) is 8.57. The largest absolute Gasteiger partial charge is 0.493 e. The zero-order valence-electron chi connectivity index (χ0n) is 14.7. The number of hydrogen-bond acceptors (Lipinski definition) is 4. The van der Waals surface area contributed by atoms with Crippen molar-refractivity contribution in [1.29, 1.82) is 0 Å². The van der Waals surface area contributed by atoms with Gasteiger partial charge in [0.1, 0.15) is 4.99 Å². The van der Waals surface area contributed by atoms with Crippen molar-refractivity contribution in [2.75, 3.05) is 40.3 Å². The normalized spacial score (nSPS) is 11.5. The third-order valence-corrected chi connectivity index (χ3v) is 5.02. The molecule has 0 saturated carbocycles. The molecule has 0 spiro atoms. The van der Waals surface area contributed by atoms with Gasteiger partial charge in [-0.3, -0.25) is 0 Å². The fourth-order valence-electron chi connectivity index (χ4n) is 2.51. The molecule has 2 rings (SSSR count). The van der Waals surface area contributed by atoms with E-state index in [-0.39, 0.29) is 0 Å². The lowest BCUT2D eigenvalue weighted by molar-refractivity contribution is -0.904. The number of rotatable bonds is 7. The minimum absolute atomic E-state index is 0.382. The molecule has 1 N–H and O–H groups in total. The summed E-state index contributed by atoms with van der Waals surface area (Å²) >= 11 is 5.38. The Morgan fingerprint density at radius 2 is 2.04 bits per heavy atom. The van der Waals surface area contributed by atoms with Crippen LogP contribution in [0.15, 0.2) is 33.5 Å². The fourth-order valence-corrected chi connectivity index (χ4v) is 2.76. The van der Waals surface area contributed by atoms with Gasteiger partial charge in [-0.05, 0) is 26.0 Å². The van der Waals surface area contributed by atoms with Gasteiger partial charge < -0.3 is 19.0 Å². The van der Waals surface area contributed by atoms with E-state index in [1.807, 2.05) is 12.1 Å². The summed E-state index contributed by atoms with van der Waals surface area (Å²) in [6.45, 7) is 8.12. The topological polar surface area (TPSA) is 51.5 Å². The van der Waals surface area contributed by atoms with Crippen LogP contribution in [-0.2, 0) is 0 Å². The molecule has 24 heavy (non-hydrogen) atoms. The first kappa shape index (κ1) is 18.4. The SMILES string of the molecule is CC[N+](C)(CC)CCNC(=S)c1cc2cccc(OC)c2oc1=O. The van der Waals surface area contributed by atoms with E-state index in [9.17, 15) is 4.79 Å². The van der Waals surface area contributed by atoms with Crippen molar-refractivity contribution in [3.8, 4) is 5.75 Å². The molecule has 6 heteroatoms. The van der Waals surface area contributed by atoms with Crippen molar-refractivity contribution in [2.24, 2.45) is 0 Å². The van der Waals surface area contributed by atoms with E-state index in [2.05, 4.69) is 26.2 Å². The van der Waals surface area contributed by atoms with Gasteiger partial charge in [-0.15, -0.1) is 0 Å². The van der Waals surface area contributed by atoms with Crippen molar-refractivity contribution in [3.63, 3.8) is 0 Å². The first-order chi connectivity index (χ1) is 11.4. The summed E-state index contributed by atoms with van der Waals surface area (Å²) in [6.07, 6.45) is 0. The van der Waals surface area contributed by atoms with Crippen molar-refractivity contribution < 1.29 is 13.6 Å². The molecule has 0 saturated heterocycles. The average Bonchev–Trinajstić information content (AvgIpc) is 2.60. The molecule has 1 aromatic heterocycles. The Kier molecular flexibility index (Phi) is 5.96. The van der Waals surface area contributed by atoms with E-state index in [4.69, 9.17) is 21.4 Å². The van der Waals surface area contributed by atoms with Crippen LogP contribution in [0.5, 0.6) is 5.75 Å². The Morgan fingerprint density at radius 1 is 1.33 bits per heavy atom. The predicted octanol–water partition coefficient (Wildman–Crippen LogP) is 2.55. The maximum Gasteiger partial charge on any atom is 0.346 e. The van der Waals surface area contributed by atoms with Crippen molar-refractivity contribution in [2.45, 2.75) is 13.8 Å². The molecule has 0 amide bonds. The second-order valence-corrected chi connectivity index (χ2v) is 6.47. The van der Waals surface area contributed by atoms with Crippen LogP contribution in [0.1, 0.15) is 19.4 Å². The van der Waals surface area contributed by atoms with Crippen molar-refractivity contribution in [1.82, 2.24) is 5.32 Å². The number of benzene rings is 1. The highest BCUT2D eigenvalue weighted by atomic mass is 32.1. The average molecular weight is 349 g/mol. The molecular formula is C18H25N2O3S+. The summed E-state index contributed by atoms with van der Waals surface area (Å²) in [5.41, 5.74) is 0.374. The summed E-state index contributed by atoms with van der Waals surface area (Å²) in [6, 6.07) is 7.24. The van der Waals surface area contributed by atoms with Gasteiger partial charge in [0.15, 0.2) is 11.3 Å². The van der Waals surface area contributed by atoms with Crippen LogP contribution < -0.4 is 15.7 Å². The van der Waals surface area contributed by atoms with Crippen LogP contribution in [0.25, 0.3) is 11.0 Å². The molecule has 0 unspecified atom stereocenters. The molecule has 0 aliphatic heterocycles. The van der Waals surface area contributed by atoms with Crippen molar-refractivity contribution >= 4 is 28.2 Å². The number of nitrogens with zero attached hydrogens (tertiary/aromatic N) is 1. The van der Waals surface area contributed by atoms with E-state index >= 15 is 0 Å². The molecule has 0 bridgehead atoms. The Morgan fingerprint density at radius 3 is 2.67 bits per heavy atom. The number of para-hydroxylation sites is 1. The van der Waals surface area contributed by atoms with Gasteiger partial charge in [-0.1, -0.05) is 24.4 Å². The summed E-state index contributed by atoms with van der Waals surface area (Å²) < 4.78 is 11.6. The highest BCUT2D eigenvalue weighted by Gasteiger charge is 2.17. The van der Waals surface area contributed by atoms with Crippen LogP contribution in [0.3, 0.4) is 0 Å². The van der Waals surface area contributed by atoms with Crippen LogP contribution in [0, 0.1) is 0 Å². The molecule has 0 aliphatic rings. The van der Waals surface area contributed by atoms with Gasteiger partial charge in [0.2, 0.25) is 0 Å².